The van der Waals surface area contributed by atoms with Crippen LogP contribution in [0.4, 0.5) is 11.4 Å². The minimum atomic E-state index is -2.02. The van der Waals surface area contributed by atoms with Crippen molar-refractivity contribution in [3.05, 3.63) is 47.5 Å². The third-order valence-corrected chi connectivity index (χ3v) is 14.0. The van der Waals surface area contributed by atoms with Crippen molar-refractivity contribution in [1.29, 1.82) is 0 Å². The number of rotatable bonds is 24. The largest absolute Gasteiger partial charge is 0.507 e. The van der Waals surface area contributed by atoms with E-state index in [0.29, 0.717) is 0 Å². The van der Waals surface area contributed by atoms with Crippen molar-refractivity contribution >= 4 is 35.3 Å². The number of hydrogen-bond acceptors (Lipinski definition) is 26. The van der Waals surface area contributed by atoms with Crippen molar-refractivity contribution in [3.63, 3.8) is 0 Å². The molecule has 432 valence electrons. The quantitative estimate of drug-likeness (QED) is 0.0153. The molecular weight excluding hydrogens is 1040 g/mol. The highest BCUT2D eigenvalue weighted by molar-refractivity contribution is 5.94. The predicted octanol–water partition coefficient (Wildman–Crippen LogP) is -7.05. The van der Waals surface area contributed by atoms with Crippen molar-refractivity contribution in [2.75, 3.05) is 78.8 Å². The first-order valence-corrected chi connectivity index (χ1v) is 24.5. The number of phenolic OH excluding ortho intramolecular Hbond substituents is 2. The number of phenols is 2. The van der Waals surface area contributed by atoms with Crippen LogP contribution in [0.5, 0.6) is 11.5 Å². The van der Waals surface area contributed by atoms with E-state index in [1.54, 1.807) is 31.7 Å². The van der Waals surface area contributed by atoms with Gasteiger partial charge in [-0.1, -0.05) is 0 Å². The molecule has 19 N–H and O–H groups in total. The summed E-state index contributed by atoms with van der Waals surface area (Å²) in [6, 6.07) is 6.29. The standard InChI is InChI=1S/C47H68N4O26/c1-18-31(50-2)23(33(54)29(74-18)14-68-16-72-44(65)21-8-19(48)4-6-26(21)52)11-70-46-38(59)35(56)25(40(76-46)42(61)62)10-67-13-28-32(51-3)24(12-71-47-39(60)36(57)37(58)41(77-47)43(63)64)34(55)30(75-28)15-69-17-73-45(66)22-9-20(49)5-7-27(22)53/h4-9,18,23-25,28-41,46-47,50-60H,10-17,48-49H2,1-3H3,(H,61,62)(H,63,64)/p+2/t18-,23+,24+,25+,28-,29?,30?,31?,32?,33+,34+,35-,36-,37+,38?,39?,40?,41?,46+,47+/m0/s1. The summed E-state index contributed by atoms with van der Waals surface area (Å²) in [6.07, 6.45) is -23.7. The van der Waals surface area contributed by atoms with Gasteiger partial charge in [0.1, 0.15) is 83.5 Å². The van der Waals surface area contributed by atoms with E-state index in [4.69, 9.17) is 63.6 Å². The van der Waals surface area contributed by atoms with Gasteiger partial charge in [0, 0.05) is 17.3 Å². The molecular formula is C47H70N4O26+2. The topological polar surface area (TPSA) is 478 Å². The number of aliphatic carboxylic acids is 2. The van der Waals surface area contributed by atoms with Crippen LogP contribution in [0.25, 0.3) is 0 Å². The molecule has 2 aromatic carbocycles. The Balaban J connectivity index is 1.08. The molecule has 2 aromatic rings. The maximum Gasteiger partial charge on any atom is 0.344 e. The van der Waals surface area contributed by atoms with Gasteiger partial charge in [0.2, 0.25) is 0 Å². The molecule has 77 heavy (non-hydrogen) atoms. The summed E-state index contributed by atoms with van der Waals surface area (Å²) in [5, 5.41) is 120. The first-order chi connectivity index (χ1) is 36.6. The van der Waals surface area contributed by atoms with E-state index in [-0.39, 0.29) is 41.5 Å². The van der Waals surface area contributed by atoms with Gasteiger partial charge < -0.3 is 130 Å². The Kier molecular flexibility index (Phi) is 21.9. The first kappa shape index (κ1) is 61.0. The van der Waals surface area contributed by atoms with Gasteiger partial charge in [-0.2, -0.15) is 0 Å². The molecule has 30 heteroatoms. The number of carbonyl (C=O) groups is 4. The number of aromatic hydroxyl groups is 2. The zero-order chi connectivity index (χ0) is 56.4. The molecule has 0 spiro atoms. The van der Waals surface area contributed by atoms with Crippen molar-refractivity contribution in [2.45, 2.75) is 111 Å². The number of likely N-dealkylation sites (N-methyl/N-ethyl adjacent to an activating group) is 2. The van der Waals surface area contributed by atoms with Crippen molar-refractivity contribution in [1.82, 2.24) is 0 Å². The highest BCUT2D eigenvalue weighted by atomic mass is 16.7. The molecule has 4 heterocycles. The van der Waals surface area contributed by atoms with Crippen LogP contribution < -0.4 is 22.1 Å². The van der Waals surface area contributed by atoms with E-state index in [9.17, 15) is 75.3 Å². The molecule has 4 aliphatic heterocycles. The van der Waals surface area contributed by atoms with Crippen LogP contribution in [0, 0.1) is 17.8 Å². The molecule has 0 amide bonds. The Bertz CT molecular complexity index is 2290. The Labute approximate surface area is 439 Å². The summed E-state index contributed by atoms with van der Waals surface area (Å²) in [5.41, 5.74) is 11.3. The summed E-state index contributed by atoms with van der Waals surface area (Å²) in [6.45, 7) is -2.13. The van der Waals surface area contributed by atoms with Crippen LogP contribution in [0.2, 0.25) is 0 Å². The van der Waals surface area contributed by atoms with Crippen LogP contribution in [0.15, 0.2) is 36.4 Å². The van der Waals surface area contributed by atoms with Crippen molar-refractivity contribution in [3.8, 4) is 11.5 Å². The predicted molar refractivity (Wildman–Crippen MR) is 252 cm³/mol. The average Bonchev–Trinajstić information content (AvgIpc) is 3.40. The Morgan fingerprint density at radius 2 is 0.974 bits per heavy atom. The van der Waals surface area contributed by atoms with E-state index < -0.39 is 191 Å². The zero-order valence-corrected chi connectivity index (χ0v) is 42.0. The van der Waals surface area contributed by atoms with Gasteiger partial charge in [-0.05, 0) is 43.3 Å². The molecule has 4 fully saturated rings. The molecule has 0 bridgehead atoms. The molecule has 4 aliphatic rings. The molecule has 0 radical (unpaired) electrons. The number of quaternary nitrogens is 2. The number of carboxylic acids is 2. The highest BCUT2D eigenvalue weighted by Crippen LogP contribution is 2.33. The molecule has 20 atom stereocenters. The minimum Gasteiger partial charge on any atom is -0.507 e. The number of benzene rings is 2. The lowest BCUT2D eigenvalue weighted by molar-refractivity contribution is -0.686. The number of aliphatic hydroxyl groups is 7. The van der Waals surface area contributed by atoms with Gasteiger partial charge in [0.15, 0.2) is 38.4 Å². The minimum absolute atomic E-state index is 0.160. The number of carboxylic acid groups (broad SMARTS) is 2. The van der Waals surface area contributed by atoms with E-state index in [1.165, 1.54) is 36.4 Å². The third-order valence-electron chi connectivity index (χ3n) is 14.0. The maximum absolute atomic E-state index is 12.7. The SMILES string of the molecule is C[NH2+]C1[C@H](C)OC(COCOC(=O)c2cc(N)ccc2O)[C@H](O)[C@@H]1CO[C@@H]1OC(C(=O)O)[C@H](COC[C@@H]2OC(COCOC(=O)c3cc(N)ccc3O)[C@H](O)[C@H](CO[C@@H]3OC(C(=O)O)[C@H](O)[C@H](O)C3O)C2[NH2+]C)[C@H](O)C1O. The molecule has 0 aliphatic carbocycles. The van der Waals surface area contributed by atoms with Gasteiger partial charge in [0.25, 0.3) is 0 Å². The van der Waals surface area contributed by atoms with Gasteiger partial charge in [-0.25, -0.2) is 19.2 Å². The van der Waals surface area contributed by atoms with Gasteiger partial charge in [-0.3, -0.25) is 0 Å². The second-order valence-electron chi connectivity index (χ2n) is 19.0. The van der Waals surface area contributed by atoms with Gasteiger partial charge >= 0.3 is 23.9 Å². The summed E-state index contributed by atoms with van der Waals surface area (Å²) in [5.74, 6) is -9.14. The van der Waals surface area contributed by atoms with E-state index in [1.807, 2.05) is 0 Å². The van der Waals surface area contributed by atoms with E-state index in [2.05, 4.69) is 0 Å². The molecule has 30 nitrogen and oxygen atoms in total. The van der Waals surface area contributed by atoms with Gasteiger partial charge in [0.05, 0.1) is 83.9 Å². The Morgan fingerprint density at radius 1 is 0.519 bits per heavy atom. The molecule has 0 aromatic heterocycles. The monoisotopic (exact) mass is 1110 g/mol. The molecule has 8 unspecified atom stereocenters. The summed E-state index contributed by atoms with van der Waals surface area (Å²) < 4.78 is 62.0. The van der Waals surface area contributed by atoms with Crippen molar-refractivity contribution in [2.24, 2.45) is 17.8 Å². The first-order valence-electron chi connectivity index (χ1n) is 24.5. The number of hydrogen-bond donors (Lipinski definition) is 15. The third kappa shape index (κ3) is 14.7. The fraction of sp³-hybridized carbons (Fsp3) is 0.660. The number of esters is 2. The second-order valence-corrected chi connectivity index (χ2v) is 19.0. The smallest absolute Gasteiger partial charge is 0.344 e. The average molecular weight is 1110 g/mol. The lowest BCUT2D eigenvalue weighted by Crippen LogP contribution is -2.93. The lowest BCUT2D eigenvalue weighted by Gasteiger charge is -2.45. The Morgan fingerprint density at radius 3 is 1.47 bits per heavy atom. The fourth-order valence-corrected chi connectivity index (χ4v) is 9.81. The number of nitrogen functional groups attached to an aromatic ring is 2. The van der Waals surface area contributed by atoms with Crippen LogP contribution in [0.1, 0.15) is 27.6 Å². The molecule has 4 saturated heterocycles. The van der Waals surface area contributed by atoms with Crippen LogP contribution >= 0.6 is 0 Å². The highest BCUT2D eigenvalue weighted by Gasteiger charge is 2.53. The second kappa shape index (κ2) is 27.6. The summed E-state index contributed by atoms with van der Waals surface area (Å²) >= 11 is 0. The number of ether oxygens (including phenoxy) is 11. The van der Waals surface area contributed by atoms with Crippen molar-refractivity contribution < 1.29 is 138 Å². The number of anilines is 2. The molecule has 0 saturated carbocycles. The van der Waals surface area contributed by atoms with E-state index in [0.717, 1.165) is 0 Å². The number of nitrogens with two attached hydrogens (primary N) is 4. The summed E-state index contributed by atoms with van der Waals surface area (Å²) in [4.78, 5) is 49.6. The lowest BCUT2D eigenvalue weighted by atomic mass is 9.84. The number of aliphatic hydroxyl groups excluding tert-OH is 7. The van der Waals surface area contributed by atoms with Crippen LogP contribution in [-0.4, -0.2) is 251 Å². The molecule has 6 rings (SSSR count). The number of carbonyl (C=O) groups excluding carboxylic acids is 2. The zero-order valence-electron chi connectivity index (χ0n) is 42.0. The fourth-order valence-electron chi connectivity index (χ4n) is 9.81. The normalized spacial score (nSPS) is 35.5. The maximum atomic E-state index is 12.7. The van der Waals surface area contributed by atoms with E-state index >= 15 is 0 Å². The van der Waals surface area contributed by atoms with Crippen LogP contribution in [-0.2, 0) is 61.7 Å². The van der Waals surface area contributed by atoms with Crippen LogP contribution in [0.3, 0.4) is 0 Å². The Hall–Kier alpha value is -5.20. The summed E-state index contributed by atoms with van der Waals surface area (Å²) in [7, 11) is 3.32. The van der Waals surface area contributed by atoms with Gasteiger partial charge in [-0.15, -0.1) is 0 Å².